The van der Waals surface area contributed by atoms with Crippen LogP contribution >= 0.6 is 0 Å². The topological polar surface area (TPSA) is 91.0 Å². The summed E-state index contributed by atoms with van der Waals surface area (Å²) in [5, 5.41) is 13.7. The number of guanidine groups is 1. The van der Waals surface area contributed by atoms with E-state index < -0.39 is 6.10 Å². The Bertz CT molecular complexity index is 603. The SMILES string of the molecule is CCNC(=NCC(O)c1cccc(C)c1)N1CCCC(CC(N)=O)C1. The van der Waals surface area contributed by atoms with Crippen molar-refractivity contribution in [1.82, 2.24) is 10.2 Å². The van der Waals surface area contributed by atoms with Crippen LogP contribution in [-0.4, -0.2) is 48.1 Å². The smallest absolute Gasteiger partial charge is 0.217 e. The predicted molar refractivity (Wildman–Crippen MR) is 100 cm³/mol. The summed E-state index contributed by atoms with van der Waals surface area (Å²) in [4.78, 5) is 18.0. The predicted octanol–water partition coefficient (Wildman–Crippen LogP) is 1.58. The number of benzene rings is 1. The van der Waals surface area contributed by atoms with E-state index in [1.165, 1.54) is 0 Å². The molecule has 4 N–H and O–H groups in total. The van der Waals surface area contributed by atoms with E-state index in [2.05, 4.69) is 15.2 Å². The van der Waals surface area contributed by atoms with E-state index in [0.29, 0.717) is 13.0 Å². The average molecular weight is 346 g/mol. The number of nitrogens with zero attached hydrogens (tertiary/aromatic N) is 2. The van der Waals surface area contributed by atoms with E-state index in [9.17, 15) is 9.90 Å². The van der Waals surface area contributed by atoms with Gasteiger partial charge in [-0.05, 0) is 38.2 Å². The van der Waals surface area contributed by atoms with Crippen molar-refractivity contribution in [2.45, 2.75) is 39.2 Å². The minimum absolute atomic E-state index is 0.247. The van der Waals surface area contributed by atoms with Crippen LogP contribution in [0, 0.1) is 12.8 Å². The Hall–Kier alpha value is -2.08. The highest BCUT2D eigenvalue weighted by Crippen LogP contribution is 2.20. The summed E-state index contributed by atoms with van der Waals surface area (Å²) in [5.74, 6) is 0.823. The number of carbonyl (C=O) groups is 1. The largest absolute Gasteiger partial charge is 0.386 e. The van der Waals surface area contributed by atoms with Gasteiger partial charge in [0.15, 0.2) is 5.96 Å². The fourth-order valence-corrected chi connectivity index (χ4v) is 3.29. The molecule has 25 heavy (non-hydrogen) atoms. The maximum absolute atomic E-state index is 11.2. The zero-order valence-electron chi connectivity index (χ0n) is 15.2. The molecular weight excluding hydrogens is 316 g/mol. The fourth-order valence-electron chi connectivity index (χ4n) is 3.29. The van der Waals surface area contributed by atoms with Crippen molar-refractivity contribution in [2.75, 3.05) is 26.2 Å². The second kappa shape index (κ2) is 9.42. The van der Waals surface area contributed by atoms with Crippen molar-refractivity contribution in [1.29, 1.82) is 0 Å². The molecule has 0 spiro atoms. The van der Waals surface area contributed by atoms with E-state index in [4.69, 9.17) is 5.73 Å². The molecule has 2 atom stereocenters. The molecule has 1 amide bonds. The van der Waals surface area contributed by atoms with Gasteiger partial charge in [0, 0.05) is 26.1 Å². The number of aryl methyl sites for hydroxylation is 1. The molecule has 0 aromatic heterocycles. The average Bonchev–Trinajstić information content (AvgIpc) is 2.58. The van der Waals surface area contributed by atoms with E-state index in [1.54, 1.807) is 0 Å². The van der Waals surface area contributed by atoms with Gasteiger partial charge in [-0.3, -0.25) is 9.79 Å². The van der Waals surface area contributed by atoms with Crippen LogP contribution in [0.15, 0.2) is 29.3 Å². The van der Waals surface area contributed by atoms with Crippen LogP contribution in [0.25, 0.3) is 0 Å². The fraction of sp³-hybridized carbons (Fsp3) is 0.579. The molecule has 138 valence electrons. The number of carbonyl (C=O) groups excluding carboxylic acids is 1. The van der Waals surface area contributed by atoms with Crippen molar-refractivity contribution < 1.29 is 9.90 Å². The highest BCUT2D eigenvalue weighted by molar-refractivity contribution is 5.80. The normalized spacial score (nSPS) is 19.6. The lowest BCUT2D eigenvalue weighted by molar-refractivity contribution is -0.119. The monoisotopic (exact) mass is 346 g/mol. The van der Waals surface area contributed by atoms with Crippen molar-refractivity contribution in [2.24, 2.45) is 16.6 Å². The van der Waals surface area contributed by atoms with Crippen LogP contribution in [0.3, 0.4) is 0 Å². The van der Waals surface area contributed by atoms with Crippen LogP contribution in [0.1, 0.15) is 43.4 Å². The van der Waals surface area contributed by atoms with Crippen molar-refractivity contribution in [3.63, 3.8) is 0 Å². The molecule has 0 radical (unpaired) electrons. The van der Waals surface area contributed by atoms with Crippen LogP contribution < -0.4 is 11.1 Å². The van der Waals surface area contributed by atoms with Crippen molar-refractivity contribution in [3.05, 3.63) is 35.4 Å². The standard InChI is InChI=1S/C19H30N4O2/c1-3-21-19(23-9-5-7-15(13-23)11-18(20)25)22-12-17(24)16-8-4-6-14(2)10-16/h4,6,8,10,15,17,24H,3,5,7,9,11-13H2,1-2H3,(H2,20,25)(H,21,22). The summed E-state index contributed by atoms with van der Waals surface area (Å²) in [7, 11) is 0. The molecule has 2 rings (SSSR count). The first-order valence-corrected chi connectivity index (χ1v) is 9.05. The van der Waals surface area contributed by atoms with Crippen LogP contribution in [0.4, 0.5) is 0 Å². The Kier molecular flexibility index (Phi) is 7.25. The van der Waals surface area contributed by atoms with Gasteiger partial charge in [-0.1, -0.05) is 29.8 Å². The number of likely N-dealkylation sites (tertiary alicyclic amines) is 1. The molecule has 1 heterocycles. The number of aliphatic hydroxyl groups is 1. The highest BCUT2D eigenvalue weighted by Gasteiger charge is 2.23. The summed E-state index contributed by atoms with van der Waals surface area (Å²) < 4.78 is 0. The van der Waals surface area contributed by atoms with Gasteiger partial charge in [-0.15, -0.1) is 0 Å². The zero-order chi connectivity index (χ0) is 18.2. The van der Waals surface area contributed by atoms with E-state index in [0.717, 1.165) is 49.6 Å². The minimum Gasteiger partial charge on any atom is -0.386 e. The number of nitrogens with one attached hydrogen (secondary N) is 1. The van der Waals surface area contributed by atoms with Gasteiger partial charge in [-0.25, -0.2) is 0 Å². The van der Waals surface area contributed by atoms with Gasteiger partial charge in [0.2, 0.25) is 5.91 Å². The molecular formula is C19H30N4O2. The third-order valence-corrected chi connectivity index (χ3v) is 4.48. The Morgan fingerprint density at radius 3 is 3.00 bits per heavy atom. The lowest BCUT2D eigenvalue weighted by Gasteiger charge is -2.34. The van der Waals surface area contributed by atoms with Gasteiger partial charge in [0.25, 0.3) is 0 Å². The Morgan fingerprint density at radius 2 is 2.32 bits per heavy atom. The van der Waals surface area contributed by atoms with E-state index >= 15 is 0 Å². The van der Waals surface area contributed by atoms with E-state index in [-0.39, 0.29) is 11.8 Å². The number of amides is 1. The van der Waals surface area contributed by atoms with Crippen LogP contribution in [0.2, 0.25) is 0 Å². The van der Waals surface area contributed by atoms with Gasteiger partial charge in [0.1, 0.15) is 0 Å². The lowest BCUT2D eigenvalue weighted by Crippen LogP contribution is -2.47. The number of primary amides is 1. The number of aliphatic hydroxyl groups excluding tert-OH is 1. The number of aliphatic imine (C=N–C) groups is 1. The first-order chi connectivity index (χ1) is 12.0. The Labute approximate surface area is 150 Å². The summed E-state index contributed by atoms with van der Waals surface area (Å²) in [6.07, 6.45) is 1.83. The quantitative estimate of drug-likeness (QED) is 0.539. The number of nitrogens with two attached hydrogens (primary N) is 1. The number of hydrogen-bond donors (Lipinski definition) is 3. The molecule has 1 fully saturated rings. The molecule has 6 nitrogen and oxygen atoms in total. The Balaban J connectivity index is 2.03. The summed E-state index contributed by atoms with van der Waals surface area (Å²) in [6.45, 7) is 6.78. The van der Waals surface area contributed by atoms with Crippen molar-refractivity contribution >= 4 is 11.9 Å². The van der Waals surface area contributed by atoms with Crippen LogP contribution in [-0.2, 0) is 4.79 Å². The van der Waals surface area contributed by atoms with Crippen LogP contribution in [0.5, 0.6) is 0 Å². The van der Waals surface area contributed by atoms with Gasteiger partial charge in [0.05, 0.1) is 12.6 Å². The van der Waals surface area contributed by atoms with Gasteiger partial charge in [-0.2, -0.15) is 0 Å². The molecule has 1 aliphatic heterocycles. The molecule has 2 unspecified atom stereocenters. The molecule has 1 aliphatic rings. The highest BCUT2D eigenvalue weighted by atomic mass is 16.3. The zero-order valence-corrected chi connectivity index (χ0v) is 15.2. The van der Waals surface area contributed by atoms with Gasteiger partial charge < -0.3 is 21.1 Å². The number of piperidine rings is 1. The molecule has 0 aliphatic carbocycles. The minimum atomic E-state index is -0.625. The Morgan fingerprint density at radius 1 is 1.52 bits per heavy atom. The lowest BCUT2D eigenvalue weighted by atomic mass is 9.95. The summed E-state index contributed by atoms with van der Waals surface area (Å²) in [5.41, 5.74) is 7.34. The molecule has 1 saturated heterocycles. The second-order valence-electron chi connectivity index (χ2n) is 6.75. The third kappa shape index (κ3) is 6.05. The second-order valence-corrected chi connectivity index (χ2v) is 6.75. The molecule has 1 aromatic carbocycles. The molecule has 6 heteroatoms. The third-order valence-electron chi connectivity index (χ3n) is 4.48. The molecule has 0 saturated carbocycles. The summed E-state index contributed by atoms with van der Waals surface area (Å²) >= 11 is 0. The number of hydrogen-bond acceptors (Lipinski definition) is 3. The molecule has 1 aromatic rings. The maximum atomic E-state index is 11.2. The van der Waals surface area contributed by atoms with E-state index in [1.807, 2.05) is 38.1 Å². The van der Waals surface area contributed by atoms with Crippen molar-refractivity contribution in [3.8, 4) is 0 Å². The molecule has 0 bridgehead atoms. The first kappa shape index (κ1) is 19.2. The first-order valence-electron chi connectivity index (χ1n) is 9.05. The summed E-state index contributed by atoms with van der Waals surface area (Å²) in [6, 6.07) is 7.86. The van der Waals surface area contributed by atoms with Gasteiger partial charge >= 0.3 is 0 Å². The number of rotatable bonds is 6. The maximum Gasteiger partial charge on any atom is 0.217 e.